The number of aromatic nitrogens is 2. The molecule has 0 bridgehead atoms. The van der Waals surface area contributed by atoms with Crippen molar-refractivity contribution < 1.29 is 4.79 Å². The van der Waals surface area contributed by atoms with E-state index in [1.807, 2.05) is 11.8 Å². The number of carbonyl (C=O) groups is 1. The van der Waals surface area contributed by atoms with Crippen LogP contribution in [0.5, 0.6) is 0 Å². The molecule has 166 valence electrons. The Hall–Kier alpha value is -1.11. The Kier molecular flexibility index (Phi) is 10.7. The fourth-order valence-electron chi connectivity index (χ4n) is 4.12. The lowest BCUT2D eigenvalue weighted by Gasteiger charge is -2.37. The maximum Gasteiger partial charge on any atom is 0.222 e. The first kappa shape index (κ1) is 25.9. The average Bonchev–Trinajstić information content (AvgIpc) is 2.68. The number of nitrogens with zero attached hydrogens (tertiary/aromatic N) is 4. The Morgan fingerprint density at radius 1 is 1.17 bits per heavy atom. The zero-order valence-electron chi connectivity index (χ0n) is 18.2. The van der Waals surface area contributed by atoms with Crippen LogP contribution in [0.3, 0.4) is 0 Å². The van der Waals surface area contributed by atoms with Gasteiger partial charge in [0.15, 0.2) is 0 Å². The van der Waals surface area contributed by atoms with Crippen molar-refractivity contribution in [2.75, 3.05) is 44.2 Å². The summed E-state index contributed by atoms with van der Waals surface area (Å²) in [6.45, 7) is 14.0. The number of hydrogen-bond donors (Lipinski definition) is 1. The van der Waals surface area contributed by atoms with Gasteiger partial charge in [-0.15, -0.1) is 24.8 Å². The fraction of sp³-hybridized carbons (Fsp3) is 0.762. The van der Waals surface area contributed by atoms with Crippen molar-refractivity contribution in [1.82, 2.24) is 20.2 Å². The zero-order chi connectivity index (χ0) is 19.4. The first-order valence-electron chi connectivity index (χ1n) is 10.5. The number of halogens is 2. The molecule has 3 rings (SSSR count). The molecule has 1 N–H and O–H groups in total. The van der Waals surface area contributed by atoms with Gasteiger partial charge in [-0.05, 0) is 44.7 Å². The second kappa shape index (κ2) is 11.9. The number of rotatable bonds is 5. The minimum Gasteiger partial charge on any atom is -0.353 e. The van der Waals surface area contributed by atoms with Crippen LogP contribution in [0.2, 0.25) is 0 Å². The van der Waals surface area contributed by atoms with Crippen LogP contribution in [0.25, 0.3) is 0 Å². The van der Waals surface area contributed by atoms with Gasteiger partial charge >= 0.3 is 0 Å². The number of piperidine rings is 1. The summed E-state index contributed by atoms with van der Waals surface area (Å²) in [7, 11) is 0. The number of anilines is 1. The van der Waals surface area contributed by atoms with Crippen molar-refractivity contribution in [2.24, 2.45) is 11.8 Å². The van der Waals surface area contributed by atoms with Gasteiger partial charge in [0.05, 0.1) is 0 Å². The quantitative estimate of drug-likeness (QED) is 0.751. The molecule has 2 saturated heterocycles. The van der Waals surface area contributed by atoms with Gasteiger partial charge in [0.2, 0.25) is 5.91 Å². The normalized spacial score (nSPS) is 20.7. The van der Waals surface area contributed by atoms with E-state index in [1.165, 1.54) is 12.8 Å². The van der Waals surface area contributed by atoms with E-state index in [4.69, 9.17) is 4.98 Å². The van der Waals surface area contributed by atoms with Crippen LogP contribution in [-0.4, -0.2) is 60.0 Å². The van der Waals surface area contributed by atoms with E-state index >= 15 is 0 Å². The summed E-state index contributed by atoms with van der Waals surface area (Å²) in [5.74, 6) is 3.64. The Balaban J connectivity index is 0.00000210. The first-order valence-corrected chi connectivity index (χ1v) is 10.5. The van der Waals surface area contributed by atoms with Crippen LogP contribution in [0.1, 0.15) is 57.5 Å². The topological polar surface area (TPSA) is 61.4 Å². The third kappa shape index (κ3) is 6.97. The standard InChI is InChI=1S/C21H35N5O.2ClH/c1-15(2)21-23-17(4)13-19(24-21)25-8-10-26(11-9-25)20(27)12-16(3)18-6-5-7-22-14-18;;/h13,15-16,18,22H,5-12,14H2,1-4H3;2*1H. The molecule has 29 heavy (non-hydrogen) atoms. The third-order valence-electron chi connectivity index (χ3n) is 5.97. The van der Waals surface area contributed by atoms with Crippen molar-refractivity contribution in [2.45, 2.75) is 52.9 Å². The summed E-state index contributed by atoms with van der Waals surface area (Å²) in [4.78, 5) is 26.4. The molecule has 0 radical (unpaired) electrons. The highest BCUT2D eigenvalue weighted by Crippen LogP contribution is 2.24. The number of aryl methyl sites for hydroxylation is 1. The van der Waals surface area contributed by atoms with E-state index < -0.39 is 0 Å². The lowest BCUT2D eigenvalue weighted by atomic mass is 9.85. The first-order chi connectivity index (χ1) is 12.9. The van der Waals surface area contributed by atoms with Crippen molar-refractivity contribution in [3.8, 4) is 0 Å². The van der Waals surface area contributed by atoms with Crippen LogP contribution in [-0.2, 0) is 4.79 Å². The largest absolute Gasteiger partial charge is 0.353 e. The molecule has 2 atom stereocenters. The monoisotopic (exact) mass is 445 g/mol. The minimum absolute atomic E-state index is 0. The molecule has 2 unspecified atom stereocenters. The summed E-state index contributed by atoms with van der Waals surface area (Å²) in [6.07, 6.45) is 3.16. The molecule has 8 heteroatoms. The summed E-state index contributed by atoms with van der Waals surface area (Å²) in [5.41, 5.74) is 1.01. The molecule has 2 aliphatic heterocycles. The predicted octanol–water partition coefficient (Wildman–Crippen LogP) is 3.43. The van der Waals surface area contributed by atoms with E-state index in [1.54, 1.807) is 0 Å². The third-order valence-corrected chi connectivity index (χ3v) is 5.97. The van der Waals surface area contributed by atoms with Crippen LogP contribution in [0, 0.1) is 18.8 Å². The van der Waals surface area contributed by atoms with Crippen LogP contribution in [0.4, 0.5) is 5.82 Å². The highest BCUT2D eigenvalue weighted by atomic mass is 35.5. The Bertz CT molecular complexity index is 644. The second-order valence-corrected chi connectivity index (χ2v) is 8.54. The fourth-order valence-corrected chi connectivity index (χ4v) is 4.12. The molecule has 0 spiro atoms. The molecule has 0 aromatic carbocycles. The van der Waals surface area contributed by atoms with Gasteiger partial charge in [-0.2, -0.15) is 0 Å². The predicted molar refractivity (Wildman–Crippen MR) is 124 cm³/mol. The molecule has 1 aromatic rings. The maximum absolute atomic E-state index is 12.8. The minimum atomic E-state index is 0. The number of hydrogen-bond acceptors (Lipinski definition) is 5. The van der Waals surface area contributed by atoms with Crippen LogP contribution < -0.4 is 10.2 Å². The van der Waals surface area contributed by atoms with E-state index in [0.29, 0.717) is 30.1 Å². The van der Waals surface area contributed by atoms with Crippen molar-refractivity contribution >= 4 is 36.5 Å². The van der Waals surface area contributed by atoms with Crippen LogP contribution >= 0.6 is 24.8 Å². The molecular formula is C21H37Cl2N5O. The van der Waals surface area contributed by atoms with Gasteiger partial charge in [-0.25, -0.2) is 9.97 Å². The summed E-state index contributed by atoms with van der Waals surface area (Å²) in [5, 5.41) is 3.47. The molecule has 1 aromatic heterocycles. The molecule has 6 nitrogen and oxygen atoms in total. The molecule has 2 aliphatic rings. The van der Waals surface area contributed by atoms with Gasteiger partial charge in [-0.1, -0.05) is 20.8 Å². The summed E-state index contributed by atoms with van der Waals surface area (Å²) < 4.78 is 0. The molecule has 2 fully saturated rings. The smallest absolute Gasteiger partial charge is 0.222 e. The lowest BCUT2D eigenvalue weighted by Crippen LogP contribution is -2.49. The van der Waals surface area contributed by atoms with Gasteiger partial charge in [0.1, 0.15) is 11.6 Å². The van der Waals surface area contributed by atoms with Crippen molar-refractivity contribution in [1.29, 1.82) is 0 Å². The molecule has 3 heterocycles. The lowest BCUT2D eigenvalue weighted by molar-refractivity contribution is -0.132. The van der Waals surface area contributed by atoms with Crippen LogP contribution in [0.15, 0.2) is 6.07 Å². The zero-order valence-corrected chi connectivity index (χ0v) is 19.8. The number of carbonyl (C=O) groups excluding carboxylic acids is 1. The van der Waals surface area contributed by atoms with E-state index in [2.05, 4.69) is 42.0 Å². The van der Waals surface area contributed by atoms with Gasteiger partial charge < -0.3 is 15.1 Å². The molecule has 0 aliphatic carbocycles. The van der Waals surface area contributed by atoms with E-state index in [-0.39, 0.29) is 24.8 Å². The highest BCUT2D eigenvalue weighted by Gasteiger charge is 2.27. The Labute approximate surface area is 188 Å². The highest BCUT2D eigenvalue weighted by molar-refractivity contribution is 5.85. The van der Waals surface area contributed by atoms with E-state index in [9.17, 15) is 4.79 Å². The molecule has 0 saturated carbocycles. The van der Waals surface area contributed by atoms with E-state index in [0.717, 1.165) is 56.6 Å². The summed E-state index contributed by atoms with van der Waals surface area (Å²) in [6, 6.07) is 2.06. The Morgan fingerprint density at radius 3 is 2.45 bits per heavy atom. The molecule has 1 amide bonds. The van der Waals surface area contributed by atoms with Gasteiger partial charge in [0.25, 0.3) is 0 Å². The Morgan fingerprint density at radius 2 is 1.86 bits per heavy atom. The maximum atomic E-state index is 12.8. The van der Waals surface area contributed by atoms with Gasteiger partial charge in [0, 0.05) is 50.3 Å². The average molecular weight is 446 g/mol. The SMILES string of the molecule is Cc1cc(N2CCN(C(=O)CC(C)C3CCCNC3)CC2)nc(C(C)C)n1.Cl.Cl. The van der Waals surface area contributed by atoms with Crippen molar-refractivity contribution in [3.63, 3.8) is 0 Å². The number of nitrogens with one attached hydrogen (secondary N) is 1. The van der Waals surface area contributed by atoms with Gasteiger partial charge in [-0.3, -0.25) is 4.79 Å². The number of piperazine rings is 1. The second-order valence-electron chi connectivity index (χ2n) is 8.54. The summed E-state index contributed by atoms with van der Waals surface area (Å²) >= 11 is 0. The van der Waals surface area contributed by atoms with Crippen molar-refractivity contribution in [3.05, 3.63) is 17.6 Å². The molecular weight excluding hydrogens is 409 g/mol. The number of amides is 1.